The molecule has 0 unspecified atom stereocenters. The van der Waals surface area contributed by atoms with Crippen molar-refractivity contribution >= 4 is 11.6 Å². The summed E-state index contributed by atoms with van der Waals surface area (Å²) in [6, 6.07) is 62.5. The van der Waals surface area contributed by atoms with Crippen LogP contribution in [-0.2, 0) is 0 Å². The maximum atomic E-state index is 13.1. The van der Waals surface area contributed by atoms with Crippen molar-refractivity contribution < 1.29 is 4.79 Å². The summed E-state index contributed by atoms with van der Waals surface area (Å²) in [7, 11) is 0. The predicted octanol–water partition coefficient (Wildman–Crippen LogP) is 11.1. The summed E-state index contributed by atoms with van der Waals surface area (Å²) < 4.78 is 0. The largest absolute Gasteiger partial charge is 0.321 e. The van der Waals surface area contributed by atoms with Gasteiger partial charge < -0.3 is 5.32 Å². The third-order valence-corrected chi connectivity index (χ3v) is 8.80. The van der Waals surface area contributed by atoms with Crippen molar-refractivity contribution in [3.63, 3.8) is 0 Å². The fraction of sp³-hybridized carbons (Fsp3) is 0. The Morgan fingerprint density at radius 1 is 0.333 bits per heavy atom. The molecule has 8 aromatic rings. The van der Waals surface area contributed by atoms with Gasteiger partial charge in [-0.25, -0.2) is 15.0 Å². The number of benzene rings is 7. The molecular weight excluding hydrogens is 625 g/mol. The number of nitrogens with one attached hydrogen (secondary N) is 1. The van der Waals surface area contributed by atoms with Crippen molar-refractivity contribution in [1.82, 2.24) is 15.0 Å². The lowest BCUT2D eigenvalue weighted by Gasteiger charge is -2.15. The summed E-state index contributed by atoms with van der Waals surface area (Å²) >= 11 is 0. The maximum Gasteiger partial charge on any atom is 0.255 e. The average molecular weight is 657 g/mol. The number of aromatic nitrogens is 3. The predicted molar refractivity (Wildman–Crippen MR) is 207 cm³/mol. The lowest BCUT2D eigenvalue weighted by Crippen LogP contribution is -2.12. The SMILES string of the molecule is O=C(Nc1ccccc1-c1ccccc1-c1ccc(-c2ccc(-c3nc(-c4ccccc4)nc(-c4ccccc4)n3)cc2)cc1)c1ccccc1. The summed E-state index contributed by atoms with van der Waals surface area (Å²) in [6.07, 6.45) is 0. The summed E-state index contributed by atoms with van der Waals surface area (Å²) in [4.78, 5) is 27.6. The van der Waals surface area contributed by atoms with Gasteiger partial charge in [-0.2, -0.15) is 0 Å². The molecule has 0 bridgehead atoms. The van der Waals surface area contributed by atoms with Crippen molar-refractivity contribution in [3.05, 3.63) is 194 Å². The number of anilines is 1. The molecule has 242 valence electrons. The van der Waals surface area contributed by atoms with E-state index in [1.807, 2.05) is 127 Å². The van der Waals surface area contributed by atoms with Gasteiger partial charge in [0.2, 0.25) is 0 Å². The second-order valence-corrected chi connectivity index (χ2v) is 12.1. The molecule has 51 heavy (non-hydrogen) atoms. The number of carbonyl (C=O) groups excluding carboxylic acids is 1. The van der Waals surface area contributed by atoms with Crippen molar-refractivity contribution in [2.24, 2.45) is 0 Å². The van der Waals surface area contributed by atoms with E-state index in [1.165, 1.54) is 0 Å². The summed E-state index contributed by atoms with van der Waals surface area (Å²) in [5, 5.41) is 3.12. The van der Waals surface area contributed by atoms with Crippen LogP contribution >= 0.6 is 0 Å². The second kappa shape index (κ2) is 14.2. The number of para-hydroxylation sites is 1. The lowest BCUT2D eigenvalue weighted by molar-refractivity contribution is 0.102. The van der Waals surface area contributed by atoms with Gasteiger partial charge >= 0.3 is 0 Å². The minimum absolute atomic E-state index is 0.139. The summed E-state index contributed by atoms with van der Waals surface area (Å²) in [6.45, 7) is 0. The van der Waals surface area contributed by atoms with E-state index >= 15 is 0 Å². The molecule has 1 heterocycles. The number of amides is 1. The molecule has 0 fully saturated rings. The highest BCUT2D eigenvalue weighted by Crippen LogP contribution is 2.37. The molecule has 0 atom stereocenters. The number of nitrogens with zero attached hydrogens (tertiary/aromatic N) is 3. The maximum absolute atomic E-state index is 13.1. The number of hydrogen-bond acceptors (Lipinski definition) is 4. The summed E-state index contributed by atoms with van der Waals surface area (Å²) in [5.41, 5.74) is 10.5. The van der Waals surface area contributed by atoms with Crippen LogP contribution in [0.15, 0.2) is 188 Å². The number of rotatable bonds is 8. The standard InChI is InChI=1S/C46H32N4O/c51-46(38-18-8-3-9-19-38)47-42-23-13-12-22-41(42)40-21-11-10-20-39(40)34-28-24-32(25-29-34)33-26-30-37(31-27-33)45-49-43(35-14-4-1-5-15-35)48-44(50-45)36-16-6-2-7-17-36/h1-31H,(H,47,51). The molecule has 0 saturated carbocycles. The van der Waals surface area contributed by atoms with Crippen LogP contribution in [0, 0.1) is 0 Å². The fourth-order valence-electron chi connectivity index (χ4n) is 6.17. The zero-order chi connectivity index (χ0) is 34.4. The molecule has 1 amide bonds. The Morgan fingerprint density at radius 3 is 1.24 bits per heavy atom. The molecule has 0 saturated heterocycles. The van der Waals surface area contributed by atoms with E-state index in [0.29, 0.717) is 23.0 Å². The van der Waals surface area contributed by atoms with Gasteiger partial charge in [-0.15, -0.1) is 0 Å². The molecular formula is C46H32N4O. The van der Waals surface area contributed by atoms with Gasteiger partial charge in [0.1, 0.15) is 0 Å². The Kier molecular flexibility index (Phi) is 8.74. The smallest absolute Gasteiger partial charge is 0.255 e. The minimum Gasteiger partial charge on any atom is -0.321 e. The molecule has 0 aliphatic rings. The van der Waals surface area contributed by atoms with Crippen LogP contribution in [0.4, 0.5) is 5.69 Å². The van der Waals surface area contributed by atoms with Crippen molar-refractivity contribution in [2.45, 2.75) is 0 Å². The lowest BCUT2D eigenvalue weighted by atomic mass is 9.92. The topological polar surface area (TPSA) is 67.8 Å². The Balaban J connectivity index is 1.07. The monoisotopic (exact) mass is 656 g/mol. The highest BCUT2D eigenvalue weighted by Gasteiger charge is 2.15. The quantitative estimate of drug-likeness (QED) is 0.177. The highest BCUT2D eigenvalue weighted by atomic mass is 16.1. The molecule has 0 aliphatic heterocycles. The minimum atomic E-state index is -0.139. The molecule has 1 N–H and O–H groups in total. The third kappa shape index (κ3) is 6.82. The third-order valence-electron chi connectivity index (χ3n) is 8.80. The average Bonchev–Trinajstić information content (AvgIpc) is 3.22. The molecule has 7 aromatic carbocycles. The van der Waals surface area contributed by atoms with Gasteiger partial charge in [0.05, 0.1) is 0 Å². The van der Waals surface area contributed by atoms with E-state index in [0.717, 1.165) is 55.8 Å². The normalized spacial score (nSPS) is 10.8. The molecule has 1 aromatic heterocycles. The molecule has 8 rings (SSSR count). The van der Waals surface area contributed by atoms with Crippen LogP contribution < -0.4 is 5.32 Å². The van der Waals surface area contributed by atoms with E-state index in [2.05, 4.69) is 66.0 Å². The number of carbonyl (C=O) groups is 1. The fourth-order valence-corrected chi connectivity index (χ4v) is 6.17. The van der Waals surface area contributed by atoms with Gasteiger partial charge in [0.25, 0.3) is 5.91 Å². The van der Waals surface area contributed by atoms with Crippen LogP contribution in [-0.4, -0.2) is 20.9 Å². The first kappa shape index (κ1) is 31.3. The van der Waals surface area contributed by atoms with Gasteiger partial charge in [0, 0.05) is 33.5 Å². The van der Waals surface area contributed by atoms with Crippen molar-refractivity contribution in [3.8, 4) is 67.5 Å². The first-order chi connectivity index (χ1) is 25.2. The van der Waals surface area contributed by atoms with Gasteiger partial charge in [0.15, 0.2) is 17.5 Å². The van der Waals surface area contributed by atoms with Gasteiger partial charge in [-0.3, -0.25) is 4.79 Å². The Labute approximate surface area is 297 Å². The molecule has 0 radical (unpaired) electrons. The van der Waals surface area contributed by atoms with Gasteiger partial charge in [-0.1, -0.05) is 170 Å². The van der Waals surface area contributed by atoms with Crippen LogP contribution in [0.1, 0.15) is 10.4 Å². The van der Waals surface area contributed by atoms with Crippen LogP contribution in [0.25, 0.3) is 67.5 Å². The van der Waals surface area contributed by atoms with E-state index in [9.17, 15) is 4.79 Å². The van der Waals surface area contributed by atoms with Crippen molar-refractivity contribution in [2.75, 3.05) is 5.32 Å². The van der Waals surface area contributed by atoms with Crippen molar-refractivity contribution in [1.29, 1.82) is 0 Å². The zero-order valence-corrected chi connectivity index (χ0v) is 27.6. The second-order valence-electron chi connectivity index (χ2n) is 12.1. The van der Waals surface area contributed by atoms with Crippen LogP contribution in [0.2, 0.25) is 0 Å². The zero-order valence-electron chi connectivity index (χ0n) is 27.6. The first-order valence-corrected chi connectivity index (χ1v) is 16.8. The van der Waals surface area contributed by atoms with Crippen LogP contribution in [0.3, 0.4) is 0 Å². The highest BCUT2D eigenvalue weighted by molar-refractivity contribution is 6.07. The summed E-state index contributed by atoms with van der Waals surface area (Å²) in [5.74, 6) is 1.77. The van der Waals surface area contributed by atoms with E-state index in [1.54, 1.807) is 0 Å². The molecule has 0 spiro atoms. The molecule has 5 nitrogen and oxygen atoms in total. The molecule has 0 aliphatic carbocycles. The van der Waals surface area contributed by atoms with Gasteiger partial charge in [-0.05, 0) is 46.0 Å². The Hall–Kier alpha value is -6.98. The number of hydrogen-bond donors (Lipinski definition) is 1. The Morgan fingerprint density at radius 2 is 0.706 bits per heavy atom. The van der Waals surface area contributed by atoms with Crippen LogP contribution in [0.5, 0.6) is 0 Å². The van der Waals surface area contributed by atoms with E-state index in [4.69, 9.17) is 15.0 Å². The van der Waals surface area contributed by atoms with E-state index in [-0.39, 0.29) is 5.91 Å². The Bertz CT molecular complexity index is 2370. The van der Waals surface area contributed by atoms with E-state index < -0.39 is 0 Å². The molecule has 5 heteroatoms. The first-order valence-electron chi connectivity index (χ1n) is 16.8.